The molecule has 1 saturated heterocycles. The minimum absolute atomic E-state index is 0.119. The number of hydrogen-bond acceptors (Lipinski definition) is 3. The Morgan fingerprint density at radius 2 is 1.86 bits per heavy atom. The van der Waals surface area contributed by atoms with Gasteiger partial charge in [0.05, 0.1) is 6.42 Å². The molecule has 0 spiro atoms. The van der Waals surface area contributed by atoms with Gasteiger partial charge in [0.25, 0.3) is 0 Å². The van der Waals surface area contributed by atoms with E-state index in [1.165, 1.54) is 24.3 Å². The fraction of sp³-hybridized carbons (Fsp3) is 0.500. The number of nitrogens with one attached hydrogen (secondary N) is 2. The quantitative estimate of drug-likeness (QED) is 0.894. The lowest BCUT2D eigenvalue weighted by atomic mass is 10.1. The van der Waals surface area contributed by atoms with Crippen LogP contribution in [-0.4, -0.2) is 31.4 Å². The van der Waals surface area contributed by atoms with Gasteiger partial charge in [-0.2, -0.15) is 0 Å². The van der Waals surface area contributed by atoms with Crippen molar-refractivity contribution in [3.8, 4) is 5.75 Å². The van der Waals surface area contributed by atoms with Gasteiger partial charge >= 0.3 is 6.36 Å². The Balaban J connectivity index is 1.83. The Labute approximate surface area is 120 Å². The third kappa shape index (κ3) is 5.63. The Morgan fingerprint density at radius 1 is 1.24 bits per heavy atom. The Hall–Kier alpha value is -1.76. The van der Waals surface area contributed by atoms with Crippen molar-refractivity contribution in [3.05, 3.63) is 29.8 Å². The van der Waals surface area contributed by atoms with Crippen LogP contribution in [0.25, 0.3) is 0 Å². The SMILES string of the molecule is O=C(Cc1ccc(OC(F)(F)F)cc1)NC1CCNCC1. The molecule has 1 aliphatic heterocycles. The highest BCUT2D eigenvalue weighted by molar-refractivity contribution is 5.78. The van der Waals surface area contributed by atoms with E-state index in [1.54, 1.807) is 0 Å². The highest BCUT2D eigenvalue weighted by Gasteiger charge is 2.30. The van der Waals surface area contributed by atoms with Crippen LogP contribution in [0, 0.1) is 0 Å². The lowest BCUT2D eigenvalue weighted by molar-refractivity contribution is -0.274. The van der Waals surface area contributed by atoms with Crippen LogP contribution < -0.4 is 15.4 Å². The molecule has 0 bridgehead atoms. The highest BCUT2D eigenvalue weighted by atomic mass is 19.4. The van der Waals surface area contributed by atoms with E-state index >= 15 is 0 Å². The molecule has 0 aromatic heterocycles. The van der Waals surface area contributed by atoms with Crippen molar-refractivity contribution in [2.45, 2.75) is 31.7 Å². The molecule has 0 radical (unpaired) electrons. The standard InChI is InChI=1S/C14H17F3N2O2/c15-14(16,17)21-12-3-1-10(2-4-12)9-13(20)19-11-5-7-18-8-6-11/h1-4,11,18H,5-9H2,(H,19,20). The maximum absolute atomic E-state index is 12.0. The van der Waals surface area contributed by atoms with Crippen molar-refractivity contribution in [3.63, 3.8) is 0 Å². The fourth-order valence-electron chi connectivity index (χ4n) is 2.24. The molecule has 0 unspecified atom stereocenters. The van der Waals surface area contributed by atoms with Gasteiger partial charge in [-0.1, -0.05) is 12.1 Å². The van der Waals surface area contributed by atoms with Crippen molar-refractivity contribution in [2.24, 2.45) is 0 Å². The third-order valence-electron chi connectivity index (χ3n) is 3.23. The van der Waals surface area contributed by atoms with Gasteiger partial charge in [-0.05, 0) is 43.6 Å². The summed E-state index contributed by atoms with van der Waals surface area (Å²) in [5.74, 6) is -0.406. The maximum Gasteiger partial charge on any atom is 0.573 e. The summed E-state index contributed by atoms with van der Waals surface area (Å²) in [6.45, 7) is 1.77. The van der Waals surface area contributed by atoms with Crippen LogP contribution in [0.3, 0.4) is 0 Å². The van der Waals surface area contributed by atoms with Crippen molar-refractivity contribution in [1.82, 2.24) is 10.6 Å². The van der Waals surface area contributed by atoms with Crippen molar-refractivity contribution < 1.29 is 22.7 Å². The minimum atomic E-state index is -4.70. The van der Waals surface area contributed by atoms with E-state index in [-0.39, 0.29) is 24.1 Å². The van der Waals surface area contributed by atoms with Gasteiger partial charge in [0, 0.05) is 6.04 Å². The van der Waals surface area contributed by atoms with E-state index in [4.69, 9.17) is 0 Å². The van der Waals surface area contributed by atoms with Crippen LogP contribution in [0.4, 0.5) is 13.2 Å². The Kier molecular flexibility index (Phi) is 5.06. The zero-order chi connectivity index (χ0) is 15.3. The number of alkyl halides is 3. The highest BCUT2D eigenvalue weighted by Crippen LogP contribution is 2.22. The summed E-state index contributed by atoms with van der Waals surface area (Å²) >= 11 is 0. The summed E-state index contributed by atoms with van der Waals surface area (Å²) in [5, 5.41) is 6.14. The Bertz CT molecular complexity index is 468. The second-order valence-corrected chi connectivity index (χ2v) is 4.96. The van der Waals surface area contributed by atoms with Gasteiger partial charge < -0.3 is 15.4 Å². The molecular weight excluding hydrogens is 285 g/mol. The summed E-state index contributed by atoms with van der Waals surface area (Å²) in [6.07, 6.45) is -2.77. The van der Waals surface area contributed by atoms with E-state index in [1.807, 2.05) is 0 Å². The first-order valence-electron chi connectivity index (χ1n) is 6.77. The number of halogens is 3. The van der Waals surface area contributed by atoms with E-state index < -0.39 is 6.36 Å². The molecule has 4 nitrogen and oxygen atoms in total. The van der Waals surface area contributed by atoms with Crippen molar-refractivity contribution >= 4 is 5.91 Å². The first-order chi connectivity index (χ1) is 9.92. The zero-order valence-corrected chi connectivity index (χ0v) is 11.4. The molecule has 1 fully saturated rings. The van der Waals surface area contributed by atoms with Crippen LogP contribution in [-0.2, 0) is 11.2 Å². The normalized spacial score (nSPS) is 16.5. The number of carbonyl (C=O) groups excluding carboxylic acids is 1. The molecule has 0 aliphatic carbocycles. The zero-order valence-electron chi connectivity index (χ0n) is 11.4. The second kappa shape index (κ2) is 6.80. The summed E-state index contributed by atoms with van der Waals surface area (Å²) < 4.78 is 39.8. The average Bonchev–Trinajstić information content (AvgIpc) is 2.40. The summed E-state index contributed by atoms with van der Waals surface area (Å²) in [6, 6.07) is 5.51. The van der Waals surface area contributed by atoms with E-state index in [0.29, 0.717) is 5.56 Å². The number of benzene rings is 1. The third-order valence-corrected chi connectivity index (χ3v) is 3.23. The topological polar surface area (TPSA) is 50.4 Å². The van der Waals surface area contributed by atoms with Crippen LogP contribution in [0.1, 0.15) is 18.4 Å². The smallest absolute Gasteiger partial charge is 0.406 e. The molecule has 21 heavy (non-hydrogen) atoms. The molecule has 116 valence electrons. The lowest BCUT2D eigenvalue weighted by Gasteiger charge is -2.23. The van der Waals surface area contributed by atoms with Crippen molar-refractivity contribution in [2.75, 3.05) is 13.1 Å². The van der Waals surface area contributed by atoms with Gasteiger partial charge in [0.2, 0.25) is 5.91 Å². The maximum atomic E-state index is 12.0. The number of carbonyl (C=O) groups is 1. The molecule has 1 aromatic rings. The van der Waals surface area contributed by atoms with Crippen LogP contribution in [0.5, 0.6) is 5.75 Å². The monoisotopic (exact) mass is 302 g/mol. The Morgan fingerprint density at radius 3 is 2.43 bits per heavy atom. The minimum Gasteiger partial charge on any atom is -0.406 e. The molecule has 1 amide bonds. The molecule has 7 heteroatoms. The van der Waals surface area contributed by atoms with Crippen LogP contribution in [0.2, 0.25) is 0 Å². The largest absolute Gasteiger partial charge is 0.573 e. The van der Waals surface area contributed by atoms with Crippen LogP contribution >= 0.6 is 0 Å². The van der Waals surface area contributed by atoms with E-state index in [0.717, 1.165) is 25.9 Å². The van der Waals surface area contributed by atoms with Gasteiger partial charge in [0.15, 0.2) is 0 Å². The predicted octanol–water partition coefficient (Wildman–Crippen LogP) is 2.00. The molecule has 1 heterocycles. The number of ether oxygens (including phenoxy) is 1. The number of piperidine rings is 1. The first kappa shape index (κ1) is 15.6. The number of hydrogen-bond donors (Lipinski definition) is 2. The molecule has 1 aliphatic rings. The molecule has 2 N–H and O–H groups in total. The fourth-order valence-corrected chi connectivity index (χ4v) is 2.24. The van der Waals surface area contributed by atoms with E-state index in [9.17, 15) is 18.0 Å². The van der Waals surface area contributed by atoms with Crippen molar-refractivity contribution in [1.29, 1.82) is 0 Å². The molecular formula is C14H17F3N2O2. The van der Waals surface area contributed by atoms with E-state index in [2.05, 4.69) is 15.4 Å². The summed E-state index contributed by atoms with van der Waals surface area (Å²) in [5.41, 5.74) is 0.649. The first-order valence-corrected chi connectivity index (χ1v) is 6.77. The lowest BCUT2D eigenvalue weighted by Crippen LogP contribution is -2.43. The summed E-state index contributed by atoms with van der Waals surface area (Å²) in [7, 11) is 0. The van der Waals surface area contributed by atoms with Gasteiger partial charge in [-0.25, -0.2) is 0 Å². The van der Waals surface area contributed by atoms with Gasteiger partial charge in [-0.3, -0.25) is 4.79 Å². The molecule has 0 atom stereocenters. The van der Waals surface area contributed by atoms with Gasteiger partial charge in [-0.15, -0.1) is 13.2 Å². The summed E-state index contributed by atoms with van der Waals surface area (Å²) in [4.78, 5) is 11.9. The predicted molar refractivity (Wildman–Crippen MR) is 70.9 cm³/mol. The molecule has 1 aromatic carbocycles. The molecule has 2 rings (SSSR count). The number of amides is 1. The number of rotatable bonds is 4. The van der Waals surface area contributed by atoms with Crippen LogP contribution in [0.15, 0.2) is 24.3 Å². The molecule has 0 saturated carbocycles. The van der Waals surface area contributed by atoms with Gasteiger partial charge in [0.1, 0.15) is 5.75 Å². The second-order valence-electron chi connectivity index (χ2n) is 4.96. The average molecular weight is 302 g/mol.